The molecule has 0 radical (unpaired) electrons. The fourth-order valence-corrected chi connectivity index (χ4v) is 4.11. The van der Waals surface area contributed by atoms with Crippen LogP contribution in [0.15, 0.2) is 60.1 Å². The van der Waals surface area contributed by atoms with Gasteiger partial charge in [0.1, 0.15) is 0 Å². The van der Waals surface area contributed by atoms with Gasteiger partial charge in [-0.2, -0.15) is 4.99 Å². The molecule has 0 unspecified atom stereocenters. The van der Waals surface area contributed by atoms with E-state index in [1.807, 2.05) is 34.9 Å². The Morgan fingerprint density at radius 2 is 2.00 bits per heavy atom. The second-order valence-corrected chi connectivity index (χ2v) is 7.92. The van der Waals surface area contributed by atoms with Crippen LogP contribution < -0.4 is 4.80 Å². The highest BCUT2D eigenvalue weighted by molar-refractivity contribution is 7.16. The first kappa shape index (κ1) is 18.6. The number of hydrogen-bond donors (Lipinski definition) is 0. The molecule has 0 saturated heterocycles. The van der Waals surface area contributed by atoms with E-state index in [1.165, 1.54) is 16.9 Å². The Labute approximate surface area is 162 Å². The highest BCUT2D eigenvalue weighted by Crippen LogP contribution is 2.22. The van der Waals surface area contributed by atoms with Gasteiger partial charge in [0.05, 0.1) is 16.6 Å². The minimum absolute atomic E-state index is 0.155. The highest BCUT2D eigenvalue weighted by atomic mass is 35.5. The second kappa shape index (κ2) is 8.02. The molecule has 3 aromatic rings. The Kier molecular flexibility index (Phi) is 5.74. The summed E-state index contributed by atoms with van der Waals surface area (Å²) in [5, 5.41) is 0.674. The number of allylic oxidation sites excluding steroid dienone is 1. The van der Waals surface area contributed by atoms with Gasteiger partial charge in [-0.1, -0.05) is 67.1 Å². The van der Waals surface area contributed by atoms with Gasteiger partial charge in [-0.15, -0.1) is 6.58 Å². The van der Waals surface area contributed by atoms with Gasteiger partial charge in [-0.05, 0) is 35.2 Å². The van der Waals surface area contributed by atoms with Crippen LogP contribution in [0.4, 0.5) is 0 Å². The SMILES string of the molecule is C=CCn1c(=NC(=O)Cc2ccc(C(C)C)cc2)sc2cc(Cl)ccc21. The summed E-state index contributed by atoms with van der Waals surface area (Å²) in [6, 6.07) is 13.9. The summed E-state index contributed by atoms with van der Waals surface area (Å²) in [6.07, 6.45) is 2.09. The lowest BCUT2D eigenvalue weighted by atomic mass is 10.0. The molecule has 2 aromatic carbocycles. The monoisotopic (exact) mass is 384 g/mol. The zero-order valence-electron chi connectivity index (χ0n) is 14.9. The van der Waals surface area contributed by atoms with E-state index in [0.29, 0.717) is 28.7 Å². The Bertz CT molecular complexity index is 1010. The van der Waals surface area contributed by atoms with Gasteiger partial charge in [-0.3, -0.25) is 4.79 Å². The zero-order chi connectivity index (χ0) is 18.7. The Hall–Kier alpha value is -2.17. The zero-order valence-corrected chi connectivity index (χ0v) is 16.5. The maximum absolute atomic E-state index is 12.5. The first-order chi connectivity index (χ1) is 12.5. The van der Waals surface area contributed by atoms with E-state index in [-0.39, 0.29) is 5.91 Å². The quantitative estimate of drug-likeness (QED) is 0.547. The first-order valence-corrected chi connectivity index (χ1v) is 9.73. The average molecular weight is 385 g/mol. The number of aromatic nitrogens is 1. The number of halogens is 1. The van der Waals surface area contributed by atoms with Crippen molar-refractivity contribution in [1.29, 1.82) is 0 Å². The molecule has 0 atom stereocenters. The average Bonchev–Trinajstić information content (AvgIpc) is 2.92. The third kappa shape index (κ3) is 4.14. The Morgan fingerprint density at radius 3 is 2.65 bits per heavy atom. The summed E-state index contributed by atoms with van der Waals surface area (Å²) in [4.78, 5) is 17.5. The van der Waals surface area contributed by atoms with Crippen molar-refractivity contribution in [3.05, 3.63) is 76.1 Å². The number of amides is 1. The van der Waals surface area contributed by atoms with Crippen molar-refractivity contribution in [3.63, 3.8) is 0 Å². The topological polar surface area (TPSA) is 34.4 Å². The molecule has 3 rings (SSSR count). The molecular weight excluding hydrogens is 364 g/mol. The van der Waals surface area contributed by atoms with Crippen molar-refractivity contribution in [2.75, 3.05) is 0 Å². The molecule has 1 aromatic heterocycles. The number of carbonyl (C=O) groups is 1. The fraction of sp³-hybridized carbons (Fsp3) is 0.238. The number of nitrogens with zero attached hydrogens (tertiary/aromatic N) is 2. The molecular formula is C21H21ClN2OS. The third-order valence-corrected chi connectivity index (χ3v) is 5.45. The third-order valence-electron chi connectivity index (χ3n) is 4.18. The molecule has 0 N–H and O–H groups in total. The lowest BCUT2D eigenvalue weighted by Crippen LogP contribution is -2.16. The van der Waals surface area contributed by atoms with Crippen molar-refractivity contribution in [1.82, 2.24) is 4.57 Å². The Balaban J connectivity index is 1.91. The second-order valence-electron chi connectivity index (χ2n) is 6.47. The summed E-state index contributed by atoms with van der Waals surface area (Å²) in [6.45, 7) is 8.70. The molecule has 1 heterocycles. The van der Waals surface area contributed by atoms with E-state index >= 15 is 0 Å². The minimum atomic E-state index is -0.155. The maximum Gasteiger partial charge on any atom is 0.252 e. The molecule has 3 nitrogen and oxygen atoms in total. The van der Waals surface area contributed by atoms with Crippen LogP contribution in [-0.2, 0) is 17.8 Å². The van der Waals surface area contributed by atoms with E-state index < -0.39 is 0 Å². The number of fused-ring (bicyclic) bond motifs is 1. The van der Waals surface area contributed by atoms with Crippen LogP contribution in [0.1, 0.15) is 30.9 Å². The predicted octanol–water partition coefficient (Wildman–Crippen LogP) is 5.34. The van der Waals surface area contributed by atoms with E-state index in [1.54, 1.807) is 6.08 Å². The van der Waals surface area contributed by atoms with Crippen molar-refractivity contribution in [3.8, 4) is 0 Å². The molecule has 5 heteroatoms. The predicted molar refractivity (Wildman–Crippen MR) is 110 cm³/mol. The first-order valence-electron chi connectivity index (χ1n) is 8.54. The van der Waals surface area contributed by atoms with Gasteiger partial charge in [0, 0.05) is 11.6 Å². The van der Waals surface area contributed by atoms with Crippen LogP contribution in [-0.4, -0.2) is 10.5 Å². The molecule has 134 valence electrons. The Morgan fingerprint density at radius 1 is 1.27 bits per heavy atom. The molecule has 0 fully saturated rings. The molecule has 1 amide bonds. The molecule has 0 aliphatic heterocycles. The maximum atomic E-state index is 12.5. The minimum Gasteiger partial charge on any atom is -0.313 e. The number of hydrogen-bond acceptors (Lipinski definition) is 2. The highest BCUT2D eigenvalue weighted by Gasteiger charge is 2.09. The molecule has 0 bridgehead atoms. The molecule has 0 saturated carbocycles. The fourth-order valence-electron chi connectivity index (χ4n) is 2.78. The van der Waals surface area contributed by atoms with Gasteiger partial charge < -0.3 is 4.57 Å². The number of thiazole rings is 1. The van der Waals surface area contributed by atoms with Crippen molar-refractivity contribution in [2.24, 2.45) is 4.99 Å². The van der Waals surface area contributed by atoms with Crippen LogP contribution in [0.3, 0.4) is 0 Å². The van der Waals surface area contributed by atoms with E-state index in [2.05, 4.69) is 37.6 Å². The van der Waals surface area contributed by atoms with Crippen LogP contribution in [0.5, 0.6) is 0 Å². The van der Waals surface area contributed by atoms with Crippen LogP contribution >= 0.6 is 22.9 Å². The molecule has 26 heavy (non-hydrogen) atoms. The van der Waals surface area contributed by atoms with Crippen LogP contribution in [0.2, 0.25) is 5.02 Å². The van der Waals surface area contributed by atoms with E-state index in [0.717, 1.165) is 15.8 Å². The number of rotatable bonds is 5. The summed E-state index contributed by atoms with van der Waals surface area (Å²) in [5.74, 6) is 0.324. The number of benzene rings is 2. The molecule has 0 aliphatic carbocycles. The van der Waals surface area contributed by atoms with Gasteiger partial charge in [0.25, 0.3) is 5.91 Å². The van der Waals surface area contributed by atoms with Crippen molar-refractivity contribution < 1.29 is 4.79 Å². The van der Waals surface area contributed by atoms with Crippen LogP contribution in [0, 0.1) is 0 Å². The van der Waals surface area contributed by atoms with Gasteiger partial charge in [-0.25, -0.2) is 0 Å². The van der Waals surface area contributed by atoms with Crippen molar-refractivity contribution in [2.45, 2.75) is 32.7 Å². The lowest BCUT2D eigenvalue weighted by Gasteiger charge is -2.05. The van der Waals surface area contributed by atoms with E-state index in [9.17, 15) is 4.79 Å². The summed E-state index contributed by atoms with van der Waals surface area (Å²) >= 11 is 7.55. The van der Waals surface area contributed by atoms with Gasteiger partial charge in [0.2, 0.25) is 0 Å². The largest absolute Gasteiger partial charge is 0.313 e. The smallest absolute Gasteiger partial charge is 0.252 e. The molecule has 0 spiro atoms. The van der Waals surface area contributed by atoms with Crippen LogP contribution in [0.25, 0.3) is 10.2 Å². The normalized spacial score (nSPS) is 12.1. The standard InChI is InChI=1S/C21H21ClN2OS/c1-4-11-24-18-10-9-17(22)13-19(18)26-21(24)23-20(25)12-15-5-7-16(8-6-15)14(2)3/h4-10,13-14H,1,11-12H2,2-3H3. The van der Waals surface area contributed by atoms with Crippen molar-refractivity contribution >= 4 is 39.1 Å². The van der Waals surface area contributed by atoms with Gasteiger partial charge in [0.15, 0.2) is 4.80 Å². The summed E-state index contributed by atoms with van der Waals surface area (Å²) < 4.78 is 3.00. The van der Waals surface area contributed by atoms with E-state index in [4.69, 9.17) is 11.6 Å². The molecule has 0 aliphatic rings. The van der Waals surface area contributed by atoms with Gasteiger partial charge >= 0.3 is 0 Å². The summed E-state index contributed by atoms with van der Waals surface area (Å²) in [7, 11) is 0. The summed E-state index contributed by atoms with van der Waals surface area (Å²) in [5.41, 5.74) is 3.25. The number of carbonyl (C=O) groups excluding carboxylic acids is 1. The lowest BCUT2D eigenvalue weighted by molar-refractivity contribution is -0.117.